The highest BCUT2D eigenvalue weighted by Crippen LogP contribution is 2.41. The minimum atomic E-state index is -0.559. The van der Waals surface area contributed by atoms with Gasteiger partial charge in [0.15, 0.2) is 0 Å². The van der Waals surface area contributed by atoms with E-state index in [0.29, 0.717) is 37.3 Å². The van der Waals surface area contributed by atoms with Crippen molar-refractivity contribution in [1.82, 2.24) is 4.90 Å². The molecule has 6 heteroatoms. The Morgan fingerprint density at radius 1 is 1.24 bits per heavy atom. The Kier molecular flexibility index (Phi) is 5.45. The van der Waals surface area contributed by atoms with E-state index in [9.17, 15) is 14.7 Å². The van der Waals surface area contributed by atoms with Gasteiger partial charge in [-0.15, -0.1) is 0 Å². The molecule has 1 aliphatic heterocycles. The fourth-order valence-electron chi connectivity index (χ4n) is 3.69. The van der Waals surface area contributed by atoms with Gasteiger partial charge >= 0.3 is 12.1 Å². The number of hydrogen-bond acceptors (Lipinski definition) is 5. The van der Waals surface area contributed by atoms with Crippen LogP contribution in [0, 0.1) is 17.8 Å². The first-order valence-electron chi connectivity index (χ1n) is 7.72. The number of carbonyl (C=O) groups is 2. The normalized spacial score (nSPS) is 32.2. The first-order valence-corrected chi connectivity index (χ1v) is 7.72. The number of aliphatic hydroxyl groups excluding tert-OH is 1. The maximum absolute atomic E-state index is 12.1. The Labute approximate surface area is 125 Å². The summed E-state index contributed by atoms with van der Waals surface area (Å²) >= 11 is 0. The van der Waals surface area contributed by atoms with Crippen molar-refractivity contribution in [2.24, 2.45) is 17.8 Å². The van der Waals surface area contributed by atoms with Gasteiger partial charge in [0.25, 0.3) is 0 Å². The molecule has 120 valence electrons. The highest BCUT2D eigenvalue weighted by atomic mass is 16.6. The highest BCUT2D eigenvalue weighted by Gasteiger charge is 2.44. The van der Waals surface area contributed by atoms with Crippen molar-refractivity contribution in [1.29, 1.82) is 0 Å². The average Bonchev–Trinajstić information content (AvgIpc) is 2.52. The van der Waals surface area contributed by atoms with Gasteiger partial charge < -0.3 is 14.6 Å². The Morgan fingerprint density at radius 3 is 2.62 bits per heavy atom. The Balaban J connectivity index is 2.11. The van der Waals surface area contributed by atoms with Crippen LogP contribution < -0.4 is 0 Å². The summed E-state index contributed by atoms with van der Waals surface area (Å²) in [6.45, 7) is 2.80. The third-order valence-electron chi connectivity index (χ3n) is 4.81. The standard InChI is InChI=1S/C15H25NO5/c1-3-21-14(18)13-7-12-6-10(9-17)4-5-11(12)8-16(13)15(19)20-2/h10-13,17H,3-9H2,1-2H3/t10-,11-,12?,13?/m0/s1. The third kappa shape index (κ3) is 3.48. The lowest BCUT2D eigenvalue weighted by Crippen LogP contribution is -2.55. The van der Waals surface area contributed by atoms with Gasteiger partial charge in [0.2, 0.25) is 0 Å². The predicted octanol–water partition coefficient (Wildman–Crippen LogP) is 1.42. The smallest absolute Gasteiger partial charge is 0.410 e. The van der Waals surface area contributed by atoms with E-state index >= 15 is 0 Å². The number of rotatable bonds is 3. The summed E-state index contributed by atoms with van der Waals surface area (Å²) in [5.41, 5.74) is 0. The van der Waals surface area contributed by atoms with Gasteiger partial charge in [-0.2, -0.15) is 0 Å². The van der Waals surface area contributed by atoms with Crippen molar-refractivity contribution in [2.45, 2.75) is 38.6 Å². The van der Waals surface area contributed by atoms with E-state index in [1.807, 2.05) is 0 Å². The summed E-state index contributed by atoms with van der Waals surface area (Å²) in [6.07, 6.45) is 3.03. The quantitative estimate of drug-likeness (QED) is 0.798. The number of piperidine rings is 1. The van der Waals surface area contributed by atoms with Crippen molar-refractivity contribution in [3.05, 3.63) is 0 Å². The molecule has 0 aromatic carbocycles. The molecule has 0 spiro atoms. The van der Waals surface area contributed by atoms with Crippen LogP contribution in [0.1, 0.15) is 32.6 Å². The number of nitrogens with zero attached hydrogens (tertiary/aromatic N) is 1. The van der Waals surface area contributed by atoms with Crippen molar-refractivity contribution >= 4 is 12.1 Å². The van der Waals surface area contributed by atoms with E-state index in [-0.39, 0.29) is 12.6 Å². The van der Waals surface area contributed by atoms with Gasteiger partial charge in [-0.05, 0) is 50.4 Å². The van der Waals surface area contributed by atoms with Crippen LogP contribution in [-0.2, 0) is 14.3 Å². The van der Waals surface area contributed by atoms with Gasteiger partial charge in [-0.3, -0.25) is 4.90 Å². The summed E-state index contributed by atoms with van der Waals surface area (Å²) in [5.74, 6) is 0.718. The molecule has 0 aromatic heterocycles. The number of methoxy groups -OCH3 is 1. The first kappa shape index (κ1) is 16.1. The molecule has 4 atom stereocenters. The summed E-state index contributed by atoms with van der Waals surface area (Å²) in [7, 11) is 1.33. The number of esters is 1. The van der Waals surface area contributed by atoms with Gasteiger partial charge in [0.05, 0.1) is 13.7 Å². The topological polar surface area (TPSA) is 76.1 Å². The van der Waals surface area contributed by atoms with E-state index in [4.69, 9.17) is 9.47 Å². The Hall–Kier alpha value is -1.30. The molecule has 0 aromatic rings. The second kappa shape index (κ2) is 7.11. The SMILES string of the molecule is CCOC(=O)C1CC2C[C@@H](CO)CC[C@H]2CN1C(=O)OC. The van der Waals surface area contributed by atoms with Crippen molar-refractivity contribution in [3.63, 3.8) is 0 Å². The molecule has 1 amide bonds. The van der Waals surface area contributed by atoms with Crippen LogP contribution in [0.25, 0.3) is 0 Å². The summed E-state index contributed by atoms with van der Waals surface area (Å²) in [6, 6.07) is -0.559. The van der Waals surface area contributed by atoms with Crippen LogP contribution in [0.15, 0.2) is 0 Å². The number of fused-ring (bicyclic) bond motifs is 1. The second-order valence-electron chi connectivity index (χ2n) is 6.01. The maximum atomic E-state index is 12.1. The molecule has 0 bridgehead atoms. The molecule has 21 heavy (non-hydrogen) atoms. The van der Waals surface area contributed by atoms with Crippen molar-refractivity contribution in [2.75, 3.05) is 26.9 Å². The van der Waals surface area contributed by atoms with Crippen LogP contribution >= 0.6 is 0 Å². The van der Waals surface area contributed by atoms with Gasteiger partial charge in [0.1, 0.15) is 6.04 Å². The third-order valence-corrected chi connectivity index (χ3v) is 4.81. The zero-order valence-corrected chi connectivity index (χ0v) is 12.8. The molecule has 6 nitrogen and oxygen atoms in total. The van der Waals surface area contributed by atoms with Crippen LogP contribution in [0.4, 0.5) is 4.79 Å². The minimum Gasteiger partial charge on any atom is -0.464 e. The molecule has 2 rings (SSSR count). The number of carbonyl (C=O) groups excluding carboxylic acids is 2. The number of aliphatic hydroxyl groups is 1. The van der Waals surface area contributed by atoms with E-state index in [1.165, 1.54) is 12.0 Å². The fraction of sp³-hybridized carbons (Fsp3) is 0.867. The molecule has 2 aliphatic rings. The van der Waals surface area contributed by atoms with Crippen LogP contribution in [0.5, 0.6) is 0 Å². The Morgan fingerprint density at radius 2 is 2.00 bits per heavy atom. The van der Waals surface area contributed by atoms with Gasteiger partial charge in [-0.1, -0.05) is 0 Å². The lowest BCUT2D eigenvalue weighted by Gasteiger charge is -2.45. The number of amides is 1. The lowest BCUT2D eigenvalue weighted by molar-refractivity contribution is -0.152. The molecular formula is C15H25NO5. The van der Waals surface area contributed by atoms with Crippen LogP contribution in [0.2, 0.25) is 0 Å². The molecule has 2 unspecified atom stereocenters. The monoisotopic (exact) mass is 299 g/mol. The highest BCUT2D eigenvalue weighted by molar-refractivity contribution is 5.81. The molecule has 2 fully saturated rings. The average molecular weight is 299 g/mol. The number of ether oxygens (including phenoxy) is 2. The largest absolute Gasteiger partial charge is 0.464 e. The summed E-state index contributed by atoms with van der Waals surface area (Å²) < 4.78 is 9.91. The molecular weight excluding hydrogens is 274 g/mol. The molecule has 1 aliphatic carbocycles. The first-order chi connectivity index (χ1) is 10.1. The fourth-order valence-corrected chi connectivity index (χ4v) is 3.69. The van der Waals surface area contributed by atoms with Gasteiger partial charge in [0, 0.05) is 13.2 Å². The van der Waals surface area contributed by atoms with E-state index in [0.717, 1.165) is 19.3 Å². The molecule has 1 saturated carbocycles. The molecule has 1 N–H and O–H groups in total. The zero-order valence-electron chi connectivity index (χ0n) is 12.8. The summed E-state index contributed by atoms with van der Waals surface area (Å²) in [4.78, 5) is 25.6. The maximum Gasteiger partial charge on any atom is 0.410 e. The summed E-state index contributed by atoms with van der Waals surface area (Å²) in [5, 5.41) is 9.34. The molecule has 1 saturated heterocycles. The second-order valence-corrected chi connectivity index (χ2v) is 6.01. The zero-order chi connectivity index (χ0) is 15.4. The van der Waals surface area contributed by atoms with E-state index in [1.54, 1.807) is 6.92 Å². The minimum absolute atomic E-state index is 0.202. The molecule has 1 heterocycles. The van der Waals surface area contributed by atoms with Crippen molar-refractivity contribution < 1.29 is 24.2 Å². The number of hydrogen-bond donors (Lipinski definition) is 1. The Bertz CT molecular complexity index is 386. The van der Waals surface area contributed by atoms with E-state index in [2.05, 4.69) is 0 Å². The van der Waals surface area contributed by atoms with Crippen LogP contribution in [-0.4, -0.2) is 55.0 Å². The van der Waals surface area contributed by atoms with E-state index < -0.39 is 12.1 Å². The lowest BCUT2D eigenvalue weighted by atomic mass is 9.69. The van der Waals surface area contributed by atoms with Crippen LogP contribution in [0.3, 0.4) is 0 Å². The van der Waals surface area contributed by atoms with Gasteiger partial charge in [-0.25, -0.2) is 9.59 Å². The predicted molar refractivity (Wildman–Crippen MR) is 75.6 cm³/mol. The van der Waals surface area contributed by atoms with Crippen molar-refractivity contribution in [3.8, 4) is 0 Å². The molecule has 0 radical (unpaired) electrons. The number of likely N-dealkylation sites (tertiary alicyclic amines) is 1.